The molecule has 132 valence electrons. The number of nitrogens with one attached hydrogen (secondary N) is 2. The number of aliphatic hydroxyl groups is 1. The summed E-state index contributed by atoms with van der Waals surface area (Å²) in [4.78, 5) is 24.7. The van der Waals surface area contributed by atoms with Gasteiger partial charge in [-0.3, -0.25) is 9.59 Å². The summed E-state index contributed by atoms with van der Waals surface area (Å²) < 4.78 is 18.2. The second-order valence-corrected chi connectivity index (χ2v) is 6.33. The lowest BCUT2D eigenvalue weighted by atomic mass is 10.0. The maximum atomic E-state index is 13.2. The van der Waals surface area contributed by atoms with E-state index in [0.717, 1.165) is 6.07 Å². The summed E-state index contributed by atoms with van der Waals surface area (Å²) in [5, 5.41) is 15.0. The molecule has 7 heteroatoms. The van der Waals surface area contributed by atoms with Crippen LogP contribution in [-0.4, -0.2) is 41.9 Å². The van der Waals surface area contributed by atoms with Crippen LogP contribution >= 0.6 is 0 Å². The summed E-state index contributed by atoms with van der Waals surface area (Å²) in [6.45, 7) is 4.24. The molecule has 24 heavy (non-hydrogen) atoms. The summed E-state index contributed by atoms with van der Waals surface area (Å²) in [5.74, 6) is -1.25. The molecule has 1 aliphatic heterocycles. The predicted octanol–water partition coefficient (Wildman–Crippen LogP) is 1.19. The molecule has 0 radical (unpaired) electrons. The van der Waals surface area contributed by atoms with Crippen molar-refractivity contribution in [2.45, 2.75) is 45.1 Å². The summed E-state index contributed by atoms with van der Waals surface area (Å²) in [6.07, 6.45) is -0.0945. The van der Waals surface area contributed by atoms with Gasteiger partial charge in [-0.25, -0.2) is 4.39 Å². The van der Waals surface area contributed by atoms with E-state index in [0.29, 0.717) is 19.4 Å². The first-order valence-electron chi connectivity index (χ1n) is 8.03. The zero-order valence-corrected chi connectivity index (χ0v) is 13.8. The first-order valence-corrected chi connectivity index (χ1v) is 8.03. The number of rotatable bonds is 6. The summed E-state index contributed by atoms with van der Waals surface area (Å²) in [5.41, 5.74) is 0.154. The maximum Gasteiger partial charge on any atom is 0.252 e. The summed E-state index contributed by atoms with van der Waals surface area (Å²) >= 11 is 0. The van der Waals surface area contributed by atoms with Crippen molar-refractivity contribution in [1.82, 2.24) is 10.6 Å². The molecule has 1 aromatic rings. The lowest BCUT2D eigenvalue weighted by Crippen LogP contribution is -2.51. The van der Waals surface area contributed by atoms with Gasteiger partial charge in [-0.2, -0.15) is 0 Å². The van der Waals surface area contributed by atoms with Gasteiger partial charge in [0.2, 0.25) is 5.91 Å². The largest absolute Gasteiger partial charge is 0.366 e. The highest BCUT2D eigenvalue weighted by Crippen LogP contribution is 2.13. The Balaban J connectivity index is 2.04. The molecule has 1 unspecified atom stereocenters. The molecule has 0 aliphatic carbocycles. The van der Waals surface area contributed by atoms with Crippen molar-refractivity contribution in [2.24, 2.45) is 5.92 Å². The van der Waals surface area contributed by atoms with Gasteiger partial charge in [0.1, 0.15) is 11.9 Å². The third-order valence-electron chi connectivity index (χ3n) is 3.81. The molecular formula is C17H23FN2O4. The third kappa shape index (κ3) is 5.01. The minimum atomic E-state index is -1.03. The molecule has 3 atom stereocenters. The van der Waals surface area contributed by atoms with Crippen LogP contribution in [0.1, 0.15) is 37.0 Å². The van der Waals surface area contributed by atoms with Crippen LogP contribution in [0, 0.1) is 11.7 Å². The summed E-state index contributed by atoms with van der Waals surface area (Å²) in [7, 11) is 0. The van der Waals surface area contributed by atoms with Gasteiger partial charge >= 0.3 is 0 Å². The molecule has 2 amide bonds. The van der Waals surface area contributed by atoms with Gasteiger partial charge in [0.25, 0.3) is 5.91 Å². The van der Waals surface area contributed by atoms with Gasteiger partial charge in [-0.15, -0.1) is 0 Å². The number of hydrogen-bond acceptors (Lipinski definition) is 4. The van der Waals surface area contributed by atoms with E-state index in [-0.39, 0.29) is 17.4 Å². The van der Waals surface area contributed by atoms with Crippen molar-refractivity contribution in [3.8, 4) is 0 Å². The molecule has 0 aromatic heterocycles. The lowest BCUT2D eigenvalue weighted by molar-refractivity contribution is -0.127. The highest BCUT2D eigenvalue weighted by Gasteiger charge is 2.31. The van der Waals surface area contributed by atoms with E-state index in [1.165, 1.54) is 18.2 Å². The number of aliphatic hydroxyl groups excluding tert-OH is 1. The van der Waals surface area contributed by atoms with Gasteiger partial charge in [-0.1, -0.05) is 19.9 Å². The Bertz CT molecular complexity index is 594. The standard InChI is InChI=1S/C17H23FN2O4/c1-10(2)8-14(16(22)19-13-6-7-24-17(13)23)20-15(21)11-4-3-5-12(18)9-11/h3-5,9-10,13-14,17,23H,6-8H2,1-2H3,(H,19,22)(H,20,21)/t13-,14-,17?/m0/s1. The second kappa shape index (κ2) is 8.21. The number of hydrogen-bond donors (Lipinski definition) is 3. The third-order valence-corrected chi connectivity index (χ3v) is 3.81. The molecule has 1 heterocycles. The fourth-order valence-electron chi connectivity index (χ4n) is 2.58. The Morgan fingerprint density at radius 2 is 2.17 bits per heavy atom. The van der Waals surface area contributed by atoms with E-state index in [1.54, 1.807) is 0 Å². The molecule has 1 saturated heterocycles. The predicted molar refractivity (Wildman–Crippen MR) is 85.6 cm³/mol. The molecule has 0 bridgehead atoms. The monoisotopic (exact) mass is 338 g/mol. The average Bonchev–Trinajstić information content (AvgIpc) is 2.91. The molecule has 1 fully saturated rings. The first-order chi connectivity index (χ1) is 11.4. The molecule has 0 saturated carbocycles. The fourth-order valence-corrected chi connectivity index (χ4v) is 2.58. The lowest BCUT2D eigenvalue weighted by Gasteiger charge is -2.23. The van der Waals surface area contributed by atoms with Crippen molar-refractivity contribution in [3.63, 3.8) is 0 Å². The number of amides is 2. The SMILES string of the molecule is CC(C)C[C@H](NC(=O)c1cccc(F)c1)C(=O)N[C@H]1CCOC1O. The van der Waals surface area contributed by atoms with E-state index in [1.807, 2.05) is 13.8 Å². The quantitative estimate of drug-likeness (QED) is 0.727. The van der Waals surface area contributed by atoms with Crippen LogP contribution in [-0.2, 0) is 9.53 Å². The minimum Gasteiger partial charge on any atom is -0.366 e. The molecule has 1 aliphatic rings. The number of benzene rings is 1. The Hall–Kier alpha value is -1.99. The molecule has 1 aromatic carbocycles. The topological polar surface area (TPSA) is 87.7 Å². The molecular weight excluding hydrogens is 315 g/mol. The van der Waals surface area contributed by atoms with Crippen molar-refractivity contribution in [2.75, 3.05) is 6.61 Å². The van der Waals surface area contributed by atoms with Crippen molar-refractivity contribution in [1.29, 1.82) is 0 Å². The maximum absolute atomic E-state index is 13.2. The Labute approximate surface area is 140 Å². The Morgan fingerprint density at radius 1 is 1.42 bits per heavy atom. The van der Waals surface area contributed by atoms with Crippen molar-refractivity contribution >= 4 is 11.8 Å². The van der Waals surface area contributed by atoms with Crippen LogP contribution in [0.15, 0.2) is 24.3 Å². The summed E-state index contributed by atoms with van der Waals surface area (Å²) in [6, 6.07) is 4.03. The van der Waals surface area contributed by atoms with E-state index in [4.69, 9.17) is 4.74 Å². The van der Waals surface area contributed by atoms with Crippen LogP contribution in [0.5, 0.6) is 0 Å². The van der Waals surface area contributed by atoms with E-state index >= 15 is 0 Å². The van der Waals surface area contributed by atoms with Crippen LogP contribution in [0.3, 0.4) is 0 Å². The Kier molecular flexibility index (Phi) is 6.28. The van der Waals surface area contributed by atoms with E-state index in [2.05, 4.69) is 10.6 Å². The van der Waals surface area contributed by atoms with Gasteiger partial charge in [0.05, 0.1) is 12.6 Å². The molecule has 2 rings (SSSR count). The Morgan fingerprint density at radius 3 is 2.75 bits per heavy atom. The van der Waals surface area contributed by atoms with Gasteiger partial charge in [0.15, 0.2) is 6.29 Å². The number of halogens is 1. The van der Waals surface area contributed by atoms with Gasteiger partial charge in [0, 0.05) is 5.56 Å². The van der Waals surface area contributed by atoms with Gasteiger partial charge < -0.3 is 20.5 Å². The molecule has 6 nitrogen and oxygen atoms in total. The van der Waals surface area contributed by atoms with E-state index in [9.17, 15) is 19.1 Å². The van der Waals surface area contributed by atoms with Crippen LogP contribution in [0.2, 0.25) is 0 Å². The smallest absolute Gasteiger partial charge is 0.252 e. The van der Waals surface area contributed by atoms with Crippen molar-refractivity contribution in [3.05, 3.63) is 35.6 Å². The van der Waals surface area contributed by atoms with Crippen LogP contribution in [0.25, 0.3) is 0 Å². The first kappa shape index (κ1) is 18.4. The van der Waals surface area contributed by atoms with E-state index < -0.39 is 30.1 Å². The van der Waals surface area contributed by atoms with Crippen molar-refractivity contribution < 1.29 is 23.8 Å². The van der Waals surface area contributed by atoms with Crippen LogP contribution in [0.4, 0.5) is 4.39 Å². The number of carbonyl (C=O) groups is 2. The highest BCUT2D eigenvalue weighted by atomic mass is 19.1. The number of ether oxygens (including phenoxy) is 1. The second-order valence-electron chi connectivity index (χ2n) is 6.33. The minimum absolute atomic E-state index is 0.154. The molecule has 3 N–H and O–H groups in total. The fraction of sp³-hybridized carbons (Fsp3) is 0.529. The zero-order chi connectivity index (χ0) is 17.7. The normalized spacial score (nSPS) is 21.5. The zero-order valence-electron chi connectivity index (χ0n) is 13.8. The molecule has 0 spiro atoms. The van der Waals surface area contributed by atoms with Gasteiger partial charge in [-0.05, 0) is 37.0 Å². The highest BCUT2D eigenvalue weighted by molar-refractivity contribution is 5.97. The van der Waals surface area contributed by atoms with Crippen LogP contribution < -0.4 is 10.6 Å². The average molecular weight is 338 g/mol. The number of carbonyl (C=O) groups excluding carboxylic acids is 2.